The van der Waals surface area contributed by atoms with Gasteiger partial charge in [-0.1, -0.05) is 12.1 Å². The number of hydrogen-bond acceptors (Lipinski definition) is 2. The summed E-state index contributed by atoms with van der Waals surface area (Å²) in [5.41, 5.74) is 2.35. The van der Waals surface area contributed by atoms with Crippen LogP contribution in [0.5, 0.6) is 0 Å². The van der Waals surface area contributed by atoms with E-state index in [4.69, 9.17) is 4.42 Å². The SMILES string of the molecule is c1cc2ccc(C3CCCN3)cc2o1. The highest BCUT2D eigenvalue weighted by Gasteiger charge is 2.16. The molecule has 72 valence electrons. The first-order valence-electron chi connectivity index (χ1n) is 5.14. The highest BCUT2D eigenvalue weighted by atomic mass is 16.3. The third-order valence-electron chi connectivity index (χ3n) is 2.94. The summed E-state index contributed by atoms with van der Waals surface area (Å²) in [6.07, 6.45) is 4.27. The molecule has 1 aliphatic heterocycles. The maximum atomic E-state index is 5.39. The van der Waals surface area contributed by atoms with Crippen LogP contribution in [0.4, 0.5) is 0 Å². The minimum absolute atomic E-state index is 0.532. The zero-order valence-electron chi connectivity index (χ0n) is 7.99. The van der Waals surface area contributed by atoms with Crippen LogP contribution in [0, 0.1) is 0 Å². The molecule has 2 heterocycles. The number of nitrogens with one attached hydrogen (secondary N) is 1. The first-order valence-corrected chi connectivity index (χ1v) is 5.14. The van der Waals surface area contributed by atoms with Gasteiger partial charge in [0.2, 0.25) is 0 Å². The van der Waals surface area contributed by atoms with Crippen LogP contribution < -0.4 is 5.32 Å². The van der Waals surface area contributed by atoms with Gasteiger partial charge in [0.1, 0.15) is 5.58 Å². The summed E-state index contributed by atoms with van der Waals surface area (Å²) in [6, 6.07) is 9.01. The Morgan fingerprint density at radius 2 is 2.29 bits per heavy atom. The lowest BCUT2D eigenvalue weighted by Gasteiger charge is -2.09. The quantitative estimate of drug-likeness (QED) is 0.742. The maximum Gasteiger partial charge on any atom is 0.134 e. The largest absolute Gasteiger partial charge is 0.464 e. The van der Waals surface area contributed by atoms with Gasteiger partial charge in [0.15, 0.2) is 0 Å². The van der Waals surface area contributed by atoms with Crippen LogP contribution in [0.3, 0.4) is 0 Å². The fraction of sp³-hybridized carbons (Fsp3) is 0.333. The second kappa shape index (κ2) is 3.14. The Hall–Kier alpha value is -1.28. The molecule has 2 nitrogen and oxygen atoms in total. The molecule has 1 aromatic carbocycles. The molecular weight excluding hydrogens is 174 g/mol. The molecule has 0 amide bonds. The molecule has 0 spiro atoms. The minimum Gasteiger partial charge on any atom is -0.464 e. The lowest BCUT2D eigenvalue weighted by atomic mass is 10.0. The van der Waals surface area contributed by atoms with E-state index in [2.05, 4.69) is 23.5 Å². The Labute approximate surface area is 82.9 Å². The number of rotatable bonds is 1. The first-order chi connectivity index (χ1) is 6.93. The van der Waals surface area contributed by atoms with Crippen LogP contribution in [0.25, 0.3) is 11.0 Å². The van der Waals surface area contributed by atoms with Gasteiger partial charge in [0.25, 0.3) is 0 Å². The van der Waals surface area contributed by atoms with Gasteiger partial charge in [0, 0.05) is 11.4 Å². The van der Waals surface area contributed by atoms with Crippen molar-refractivity contribution in [1.82, 2.24) is 5.32 Å². The Balaban J connectivity index is 2.04. The Bertz CT molecular complexity index is 440. The summed E-state index contributed by atoms with van der Waals surface area (Å²) in [5, 5.41) is 4.67. The molecule has 0 aliphatic carbocycles. The van der Waals surface area contributed by atoms with Crippen LogP contribution in [-0.2, 0) is 0 Å². The summed E-state index contributed by atoms with van der Waals surface area (Å²) in [4.78, 5) is 0. The van der Waals surface area contributed by atoms with Crippen molar-refractivity contribution < 1.29 is 4.42 Å². The number of benzene rings is 1. The summed E-state index contributed by atoms with van der Waals surface area (Å²) < 4.78 is 5.39. The molecular formula is C12H13NO. The normalized spacial score (nSPS) is 21.9. The second-order valence-corrected chi connectivity index (χ2v) is 3.87. The summed E-state index contributed by atoms with van der Waals surface area (Å²) in [6.45, 7) is 1.14. The maximum absolute atomic E-state index is 5.39. The van der Waals surface area contributed by atoms with Crippen LogP contribution in [0.15, 0.2) is 34.9 Å². The lowest BCUT2D eigenvalue weighted by Crippen LogP contribution is -2.12. The smallest absolute Gasteiger partial charge is 0.134 e. The van der Waals surface area contributed by atoms with E-state index in [0.717, 1.165) is 12.1 Å². The molecule has 0 bridgehead atoms. The number of furan rings is 1. The van der Waals surface area contributed by atoms with Crippen LogP contribution >= 0.6 is 0 Å². The first kappa shape index (κ1) is 8.06. The van der Waals surface area contributed by atoms with Gasteiger partial charge < -0.3 is 9.73 Å². The number of hydrogen-bond donors (Lipinski definition) is 1. The Morgan fingerprint density at radius 3 is 3.14 bits per heavy atom. The van der Waals surface area contributed by atoms with Crippen molar-refractivity contribution in [2.24, 2.45) is 0 Å². The van der Waals surface area contributed by atoms with Gasteiger partial charge in [-0.3, -0.25) is 0 Å². The zero-order chi connectivity index (χ0) is 9.38. The van der Waals surface area contributed by atoms with E-state index in [1.807, 2.05) is 6.07 Å². The molecule has 1 aliphatic rings. The molecule has 1 fully saturated rings. The fourth-order valence-electron chi connectivity index (χ4n) is 2.16. The van der Waals surface area contributed by atoms with Gasteiger partial charge >= 0.3 is 0 Å². The summed E-state index contributed by atoms with van der Waals surface area (Å²) in [7, 11) is 0. The van der Waals surface area contributed by atoms with Gasteiger partial charge in [0.05, 0.1) is 6.26 Å². The van der Waals surface area contributed by atoms with Crippen molar-refractivity contribution in [2.45, 2.75) is 18.9 Å². The van der Waals surface area contributed by atoms with Crippen molar-refractivity contribution in [1.29, 1.82) is 0 Å². The molecule has 1 saturated heterocycles. The average molecular weight is 187 g/mol. The highest BCUT2D eigenvalue weighted by molar-refractivity contribution is 5.77. The monoisotopic (exact) mass is 187 g/mol. The van der Waals surface area contributed by atoms with E-state index in [1.54, 1.807) is 6.26 Å². The van der Waals surface area contributed by atoms with E-state index in [1.165, 1.54) is 23.8 Å². The van der Waals surface area contributed by atoms with Gasteiger partial charge in [-0.15, -0.1) is 0 Å². The van der Waals surface area contributed by atoms with E-state index in [9.17, 15) is 0 Å². The predicted octanol–water partition coefficient (Wildman–Crippen LogP) is 2.86. The topological polar surface area (TPSA) is 25.2 Å². The lowest BCUT2D eigenvalue weighted by molar-refractivity contribution is 0.610. The standard InChI is InChI=1S/C12H13NO/c1-2-11(13-6-1)10-4-3-9-5-7-14-12(9)8-10/h3-5,7-8,11,13H,1-2,6H2. The molecule has 2 aromatic rings. The van der Waals surface area contributed by atoms with Crippen LogP contribution in [-0.4, -0.2) is 6.54 Å². The third kappa shape index (κ3) is 1.23. The molecule has 14 heavy (non-hydrogen) atoms. The molecule has 1 atom stereocenters. The summed E-state index contributed by atoms with van der Waals surface area (Å²) >= 11 is 0. The molecule has 1 unspecified atom stereocenters. The third-order valence-corrected chi connectivity index (χ3v) is 2.94. The van der Waals surface area contributed by atoms with Crippen LogP contribution in [0.2, 0.25) is 0 Å². The fourth-order valence-corrected chi connectivity index (χ4v) is 2.16. The van der Waals surface area contributed by atoms with Crippen LogP contribution in [0.1, 0.15) is 24.4 Å². The van der Waals surface area contributed by atoms with Gasteiger partial charge in [-0.05, 0) is 37.1 Å². The molecule has 3 rings (SSSR count). The molecule has 0 saturated carbocycles. The highest BCUT2D eigenvalue weighted by Crippen LogP contribution is 2.26. The zero-order valence-corrected chi connectivity index (χ0v) is 7.99. The van der Waals surface area contributed by atoms with Crippen molar-refractivity contribution in [2.75, 3.05) is 6.54 Å². The number of fused-ring (bicyclic) bond motifs is 1. The molecule has 1 N–H and O–H groups in total. The van der Waals surface area contributed by atoms with E-state index in [-0.39, 0.29) is 0 Å². The van der Waals surface area contributed by atoms with E-state index >= 15 is 0 Å². The molecule has 2 heteroatoms. The molecule has 1 aromatic heterocycles. The van der Waals surface area contributed by atoms with Crippen molar-refractivity contribution in [3.63, 3.8) is 0 Å². The van der Waals surface area contributed by atoms with Crippen molar-refractivity contribution >= 4 is 11.0 Å². The van der Waals surface area contributed by atoms with E-state index in [0.29, 0.717) is 6.04 Å². The average Bonchev–Trinajstić information content (AvgIpc) is 2.88. The Kier molecular flexibility index (Phi) is 1.81. The van der Waals surface area contributed by atoms with Gasteiger partial charge in [-0.2, -0.15) is 0 Å². The van der Waals surface area contributed by atoms with Gasteiger partial charge in [-0.25, -0.2) is 0 Å². The second-order valence-electron chi connectivity index (χ2n) is 3.87. The minimum atomic E-state index is 0.532. The Morgan fingerprint density at radius 1 is 1.29 bits per heavy atom. The predicted molar refractivity (Wildman–Crippen MR) is 56.2 cm³/mol. The molecule has 0 radical (unpaired) electrons. The van der Waals surface area contributed by atoms with Crippen molar-refractivity contribution in [3.8, 4) is 0 Å². The van der Waals surface area contributed by atoms with Crippen molar-refractivity contribution in [3.05, 3.63) is 36.1 Å². The summed E-state index contributed by atoms with van der Waals surface area (Å²) in [5.74, 6) is 0. The van der Waals surface area contributed by atoms with E-state index < -0.39 is 0 Å².